The van der Waals surface area contributed by atoms with Crippen LogP contribution in [-0.4, -0.2) is 100 Å². The third kappa shape index (κ3) is 13.2. The van der Waals surface area contributed by atoms with E-state index in [9.17, 15) is 5.11 Å². The molecule has 0 bridgehead atoms. The Morgan fingerprint density at radius 2 is 1.12 bits per heavy atom. The maximum Gasteiger partial charge on any atom is 0.187 e. The Balaban J connectivity index is 2.30. The van der Waals surface area contributed by atoms with Crippen molar-refractivity contribution in [2.45, 2.75) is 148 Å². The van der Waals surface area contributed by atoms with Gasteiger partial charge in [0, 0.05) is 33.0 Å². The minimum absolute atomic E-state index is 0.247. The molecule has 0 spiro atoms. The Morgan fingerprint density at radius 3 is 1.71 bits per heavy atom. The highest BCUT2D eigenvalue weighted by atomic mass is 16.7. The van der Waals surface area contributed by atoms with Crippen LogP contribution in [0.15, 0.2) is 12.3 Å². The van der Waals surface area contributed by atoms with Crippen LogP contribution in [0.25, 0.3) is 0 Å². The topological polar surface area (TPSA) is 94.1 Å². The zero-order chi connectivity index (χ0) is 29.7. The monoisotopic (exact) mass is 588 g/mol. The van der Waals surface area contributed by atoms with Crippen LogP contribution in [0.5, 0.6) is 0 Å². The van der Waals surface area contributed by atoms with E-state index in [1.54, 1.807) is 6.26 Å². The first-order valence-corrected chi connectivity index (χ1v) is 16.4. The van der Waals surface area contributed by atoms with Crippen molar-refractivity contribution in [1.82, 2.24) is 0 Å². The lowest BCUT2D eigenvalue weighted by Gasteiger charge is -2.46. The van der Waals surface area contributed by atoms with Crippen LogP contribution in [-0.2, 0) is 37.9 Å². The molecule has 0 amide bonds. The Labute approximate surface area is 249 Å². The summed E-state index contributed by atoms with van der Waals surface area (Å²) in [6, 6.07) is 0. The summed E-state index contributed by atoms with van der Waals surface area (Å²) in [5, 5.41) is 11.4. The standard InChI is InChI=1S/C32H60O9/c1-6-11-17-34-23-26-28(33)30(38-20-14-9-4)31(39-21-15-10-5)32(40-26)41-29-25(36-19-13-8-3)16-22-37-27(29)24-35-18-12-7-2/h16,22,25-33H,6-15,17-21,23-24H2,1-5H3/t25?,26?,27?,28-,29-,30?,31?,32-/m0/s1. The Bertz CT molecular complexity index is 649. The highest BCUT2D eigenvalue weighted by Crippen LogP contribution is 2.31. The first-order valence-electron chi connectivity index (χ1n) is 16.4. The van der Waals surface area contributed by atoms with Crippen molar-refractivity contribution in [3.05, 3.63) is 12.3 Å². The molecule has 0 aromatic heterocycles. The fourth-order valence-corrected chi connectivity index (χ4v) is 4.71. The predicted octanol–water partition coefficient (Wildman–Crippen LogP) is 5.56. The van der Waals surface area contributed by atoms with E-state index in [1.165, 1.54) is 0 Å². The van der Waals surface area contributed by atoms with Gasteiger partial charge in [-0.25, -0.2) is 0 Å². The van der Waals surface area contributed by atoms with E-state index in [1.807, 2.05) is 6.08 Å². The molecule has 0 aromatic carbocycles. The van der Waals surface area contributed by atoms with Crippen LogP contribution < -0.4 is 0 Å². The number of rotatable bonds is 24. The fraction of sp³-hybridized carbons (Fsp3) is 0.938. The highest BCUT2D eigenvalue weighted by Gasteiger charge is 2.50. The molecule has 8 atom stereocenters. The van der Waals surface area contributed by atoms with Gasteiger partial charge in [-0.3, -0.25) is 0 Å². The molecule has 2 heterocycles. The summed E-state index contributed by atoms with van der Waals surface area (Å²) in [6.07, 6.45) is 8.58. The smallest absolute Gasteiger partial charge is 0.187 e. The van der Waals surface area contributed by atoms with Crippen LogP contribution in [0.4, 0.5) is 0 Å². The molecule has 1 N–H and O–H groups in total. The van der Waals surface area contributed by atoms with Crippen LogP contribution in [0.1, 0.15) is 98.8 Å². The molecule has 9 nitrogen and oxygen atoms in total. The third-order valence-electron chi connectivity index (χ3n) is 7.39. The molecule has 9 heteroatoms. The first-order chi connectivity index (χ1) is 20.1. The van der Waals surface area contributed by atoms with Crippen LogP contribution in [0, 0.1) is 0 Å². The third-order valence-corrected chi connectivity index (χ3v) is 7.39. The van der Waals surface area contributed by atoms with E-state index < -0.39 is 36.8 Å². The molecule has 2 aliphatic heterocycles. The lowest BCUT2D eigenvalue weighted by Crippen LogP contribution is -2.63. The highest BCUT2D eigenvalue weighted by molar-refractivity contribution is 5.01. The lowest BCUT2D eigenvalue weighted by molar-refractivity contribution is -0.338. The van der Waals surface area contributed by atoms with Gasteiger partial charge < -0.3 is 43.0 Å². The molecule has 41 heavy (non-hydrogen) atoms. The molecule has 0 aliphatic carbocycles. The second-order valence-electron chi connectivity index (χ2n) is 11.1. The van der Waals surface area contributed by atoms with Crippen LogP contribution in [0.3, 0.4) is 0 Å². The van der Waals surface area contributed by atoms with E-state index in [0.29, 0.717) is 39.6 Å². The number of aliphatic hydroxyl groups is 1. The normalized spacial score (nSPS) is 30.0. The number of ether oxygens (including phenoxy) is 8. The Morgan fingerprint density at radius 1 is 0.610 bits per heavy atom. The Hall–Kier alpha value is -0.780. The summed E-state index contributed by atoms with van der Waals surface area (Å²) >= 11 is 0. The average molecular weight is 589 g/mol. The number of unbranched alkanes of at least 4 members (excludes halogenated alkanes) is 5. The zero-order valence-corrected chi connectivity index (χ0v) is 26.5. The minimum Gasteiger partial charge on any atom is -0.493 e. The molecule has 242 valence electrons. The van der Waals surface area contributed by atoms with Crippen molar-refractivity contribution < 1.29 is 43.0 Å². The van der Waals surface area contributed by atoms with Crippen molar-refractivity contribution in [1.29, 1.82) is 0 Å². The molecular weight excluding hydrogens is 528 g/mol. The molecule has 0 radical (unpaired) electrons. The van der Waals surface area contributed by atoms with E-state index in [0.717, 1.165) is 64.2 Å². The SMILES string of the molecule is CCCCOCC1O[C@@H](O[C@H]2C(OCCCC)C=COC2COCCCC)C(OCCCC)C(OCCCC)[C@H]1O. The predicted molar refractivity (Wildman–Crippen MR) is 159 cm³/mol. The molecule has 1 fully saturated rings. The van der Waals surface area contributed by atoms with Gasteiger partial charge in [-0.1, -0.05) is 66.7 Å². The molecule has 2 aliphatic rings. The maximum atomic E-state index is 11.4. The van der Waals surface area contributed by atoms with E-state index >= 15 is 0 Å². The summed E-state index contributed by atoms with van der Waals surface area (Å²) in [6.45, 7) is 14.2. The van der Waals surface area contributed by atoms with Gasteiger partial charge in [0.1, 0.15) is 36.6 Å². The van der Waals surface area contributed by atoms with Gasteiger partial charge >= 0.3 is 0 Å². The first kappa shape index (κ1) is 36.4. The summed E-state index contributed by atoms with van der Waals surface area (Å²) in [4.78, 5) is 0. The number of aliphatic hydroxyl groups excluding tert-OH is 1. The van der Waals surface area contributed by atoms with Gasteiger partial charge in [0.05, 0.1) is 19.5 Å². The van der Waals surface area contributed by atoms with Crippen molar-refractivity contribution >= 4 is 0 Å². The molecular formula is C32H60O9. The maximum absolute atomic E-state index is 11.4. The van der Waals surface area contributed by atoms with Crippen LogP contribution >= 0.6 is 0 Å². The van der Waals surface area contributed by atoms with Crippen LogP contribution in [0.2, 0.25) is 0 Å². The quantitative estimate of drug-likeness (QED) is 0.146. The molecule has 1 saturated heterocycles. The minimum atomic E-state index is -0.910. The van der Waals surface area contributed by atoms with Crippen molar-refractivity contribution in [3.8, 4) is 0 Å². The van der Waals surface area contributed by atoms with Gasteiger partial charge in [0.2, 0.25) is 0 Å². The van der Waals surface area contributed by atoms with Crippen molar-refractivity contribution in [2.24, 2.45) is 0 Å². The van der Waals surface area contributed by atoms with E-state index in [-0.39, 0.29) is 18.8 Å². The van der Waals surface area contributed by atoms with E-state index in [4.69, 9.17) is 37.9 Å². The molecule has 0 aromatic rings. The van der Waals surface area contributed by atoms with Gasteiger partial charge in [-0.15, -0.1) is 0 Å². The largest absolute Gasteiger partial charge is 0.493 e. The summed E-state index contributed by atoms with van der Waals surface area (Å²) in [7, 11) is 0. The van der Waals surface area contributed by atoms with Crippen molar-refractivity contribution in [3.63, 3.8) is 0 Å². The molecule has 0 saturated carbocycles. The second-order valence-corrected chi connectivity index (χ2v) is 11.1. The second kappa shape index (κ2) is 22.7. The fourth-order valence-electron chi connectivity index (χ4n) is 4.71. The molecule has 2 rings (SSSR count). The Kier molecular flexibility index (Phi) is 20.2. The van der Waals surface area contributed by atoms with Crippen molar-refractivity contribution in [2.75, 3.05) is 46.2 Å². The molecule has 5 unspecified atom stereocenters. The summed E-state index contributed by atoms with van der Waals surface area (Å²) < 4.78 is 50.0. The summed E-state index contributed by atoms with van der Waals surface area (Å²) in [5.74, 6) is 0. The van der Waals surface area contributed by atoms with Gasteiger partial charge in [-0.05, 0) is 38.2 Å². The number of hydrogen-bond donors (Lipinski definition) is 1. The average Bonchev–Trinajstić information content (AvgIpc) is 2.98. The van der Waals surface area contributed by atoms with Gasteiger partial charge in [-0.2, -0.15) is 0 Å². The van der Waals surface area contributed by atoms with Gasteiger partial charge in [0.15, 0.2) is 12.4 Å². The van der Waals surface area contributed by atoms with E-state index in [2.05, 4.69) is 34.6 Å². The summed E-state index contributed by atoms with van der Waals surface area (Å²) in [5.41, 5.74) is 0. The zero-order valence-electron chi connectivity index (χ0n) is 26.5. The van der Waals surface area contributed by atoms with Gasteiger partial charge in [0.25, 0.3) is 0 Å². The lowest BCUT2D eigenvalue weighted by atomic mass is 9.98. The number of hydrogen-bond acceptors (Lipinski definition) is 9.